The number of carbonyl (C=O) groups is 3. The molecule has 1 heterocycles. The summed E-state index contributed by atoms with van der Waals surface area (Å²) in [7, 11) is 0. The van der Waals surface area contributed by atoms with Crippen molar-refractivity contribution in [3.8, 4) is 16.9 Å². The molecule has 1 saturated carbocycles. The minimum atomic E-state index is -4.91. The van der Waals surface area contributed by atoms with Crippen LogP contribution in [-0.2, 0) is 11.3 Å². The lowest BCUT2D eigenvalue weighted by molar-refractivity contribution is -0.274. The Bertz CT molecular complexity index is 1520. The van der Waals surface area contributed by atoms with Gasteiger partial charge in [-0.05, 0) is 66.4 Å². The molecule has 1 aliphatic carbocycles. The summed E-state index contributed by atoms with van der Waals surface area (Å²) in [4.78, 5) is 41.2. The van der Waals surface area contributed by atoms with E-state index in [0.717, 1.165) is 63.4 Å². The Morgan fingerprint density at radius 3 is 2.11 bits per heavy atom. The van der Waals surface area contributed by atoms with Crippen LogP contribution in [0.1, 0.15) is 54.9 Å². The van der Waals surface area contributed by atoms with Crippen molar-refractivity contribution in [3.63, 3.8) is 0 Å². The Balaban J connectivity index is 1.22. The largest absolute Gasteiger partial charge is 0.573 e. The van der Waals surface area contributed by atoms with Crippen LogP contribution in [0, 0.1) is 0 Å². The predicted octanol–water partition coefficient (Wildman–Crippen LogP) is 6.62. The summed E-state index contributed by atoms with van der Waals surface area (Å²) in [5.74, 6) is -0.711. The van der Waals surface area contributed by atoms with Crippen molar-refractivity contribution < 1.29 is 32.3 Å². The van der Waals surface area contributed by atoms with Crippen molar-refractivity contribution in [2.45, 2.75) is 58.0 Å². The number of nitrogens with zero attached hydrogens (tertiary/aromatic N) is 2. The molecule has 3 N–H and O–H groups in total. The number of halogens is 3. The SMILES string of the molecule is CC(=O)N1CCN(Cc2ccc(NC(=O)c3ccc(-c4cc(NC(=O)NC5CCCCC5)ccc4OC(F)(F)F)cc3)cc2)CC1. The number of urea groups is 1. The summed E-state index contributed by atoms with van der Waals surface area (Å²) in [6.07, 6.45) is 0.0975. The van der Waals surface area contributed by atoms with E-state index in [0.29, 0.717) is 35.6 Å². The molecule has 0 bridgehead atoms. The van der Waals surface area contributed by atoms with E-state index in [-0.39, 0.29) is 23.4 Å². The molecule has 3 aromatic carbocycles. The van der Waals surface area contributed by atoms with Gasteiger partial charge in [0.05, 0.1) is 0 Å². The fourth-order valence-corrected chi connectivity index (χ4v) is 5.82. The first kappa shape index (κ1) is 32.8. The number of nitrogens with one attached hydrogen (secondary N) is 3. The van der Waals surface area contributed by atoms with E-state index in [2.05, 4.69) is 25.6 Å². The standard InChI is InChI=1S/C34H38F3N5O4/c1-23(43)42-19-17-41(18-20-42)22-24-7-13-28(14-8-24)38-32(44)26-11-9-25(10-12-26)30-21-29(15-16-31(30)46-34(35,36)37)40-33(45)39-27-5-3-2-4-6-27/h7-16,21,27H,2-6,17-20,22H2,1H3,(H,38,44)(H2,39,40,45). The lowest BCUT2D eigenvalue weighted by Crippen LogP contribution is -2.47. The van der Waals surface area contributed by atoms with Gasteiger partial charge in [-0.1, -0.05) is 43.5 Å². The van der Waals surface area contributed by atoms with Gasteiger partial charge >= 0.3 is 12.4 Å². The van der Waals surface area contributed by atoms with Gasteiger partial charge in [0.25, 0.3) is 5.91 Å². The van der Waals surface area contributed by atoms with Gasteiger partial charge in [-0.2, -0.15) is 0 Å². The highest BCUT2D eigenvalue weighted by atomic mass is 19.4. The number of anilines is 2. The van der Waals surface area contributed by atoms with Crippen molar-refractivity contribution in [1.29, 1.82) is 0 Å². The van der Waals surface area contributed by atoms with Crippen LogP contribution in [0.4, 0.5) is 29.3 Å². The van der Waals surface area contributed by atoms with Crippen LogP contribution in [-0.4, -0.2) is 66.2 Å². The molecule has 4 amide bonds. The lowest BCUT2D eigenvalue weighted by atomic mass is 9.96. The number of ether oxygens (including phenoxy) is 1. The second kappa shape index (κ2) is 14.7. The lowest BCUT2D eigenvalue weighted by Gasteiger charge is -2.34. The zero-order chi connectivity index (χ0) is 32.7. The topological polar surface area (TPSA) is 103 Å². The van der Waals surface area contributed by atoms with Crippen molar-refractivity contribution in [2.75, 3.05) is 36.8 Å². The summed E-state index contributed by atoms with van der Waals surface area (Å²) in [6, 6.07) is 17.2. The maximum Gasteiger partial charge on any atom is 0.573 e. The third-order valence-corrected chi connectivity index (χ3v) is 8.30. The van der Waals surface area contributed by atoms with Crippen LogP contribution < -0.4 is 20.7 Å². The Morgan fingerprint density at radius 1 is 0.826 bits per heavy atom. The van der Waals surface area contributed by atoms with Crippen LogP contribution in [0.2, 0.25) is 0 Å². The molecule has 0 atom stereocenters. The number of rotatable bonds is 8. The number of carbonyl (C=O) groups excluding carboxylic acids is 3. The minimum Gasteiger partial charge on any atom is -0.405 e. The molecule has 9 nitrogen and oxygen atoms in total. The Hall–Kier alpha value is -4.58. The summed E-state index contributed by atoms with van der Waals surface area (Å²) >= 11 is 0. The highest BCUT2D eigenvalue weighted by Gasteiger charge is 2.32. The van der Waals surface area contributed by atoms with Gasteiger partial charge in [0, 0.05) is 68.2 Å². The third-order valence-electron chi connectivity index (χ3n) is 8.30. The summed E-state index contributed by atoms with van der Waals surface area (Å²) in [6.45, 7) is 5.34. The minimum absolute atomic E-state index is 0.0681. The van der Waals surface area contributed by atoms with Gasteiger partial charge < -0.3 is 25.6 Å². The van der Waals surface area contributed by atoms with E-state index in [4.69, 9.17) is 0 Å². The number of benzene rings is 3. The van der Waals surface area contributed by atoms with E-state index in [1.165, 1.54) is 36.4 Å². The second-order valence-corrected chi connectivity index (χ2v) is 11.7. The van der Waals surface area contributed by atoms with Gasteiger partial charge in [0.1, 0.15) is 5.75 Å². The summed E-state index contributed by atoms with van der Waals surface area (Å²) in [5, 5.41) is 8.49. The molecule has 244 valence electrons. The quantitative estimate of drug-likeness (QED) is 0.258. The molecule has 0 spiro atoms. The molecule has 0 unspecified atom stereocenters. The maximum atomic E-state index is 13.2. The first-order valence-corrected chi connectivity index (χ1v) is 15.5. The molecular formula is C34H38F3N5O4. The molecule has 1 saturated heterocycles. The van der Waals surface area contributed by atoms with E-state index in [1.807, 2.05) is 29.2 Å². The van der Waals surface area contributed by atoms with Gasteiger partial charge in [-0.25, -0.2) is 4.79 Å². The van der Waals surface area contributed by atoms with Crippen molar-refractivity contribution >= 4 is 29.2 Å². The van der Waals surface area contributed by atoms with Crippen LogP contribution in [0.3, 0.4) is 0 Å². The van der Waals surface area contributed by atoms with Crippen LogP contribution in [0.25, 0.3) is 11.1 Å². The fourth-order valence-electron chi connectivity index (χ4n) is 5.82. The van der Waals surface area contributed by atoms with Crippen molar-refractivity contribution in [3.05, 3.63) is 77.9 Å². The maximum absolute atomic E-state index is 13.2. The highest BCUT2D eigenvalue weighted by Crippen LogP contribution is 2.36. The number of amides is 4. The monoisotopic (exact) mass is 637 g/mol. The Labute approximate surface area is 266 Å². The molecule has 12 heteroatoms. The summed E-state index contributed by atoms with van der Waals surface area (Å²) in [5.41, 5.74) is 2.79. The van der Waals surface area contributed by atoms with E-state index in [1.54, 1.807) is 6.92 Å². The molecule has 2 aliphatic rings. The van der Waals surface area contributed by atoms with E-state index >= 15 is 0 Å². The molecule has 0 radical (unpaired) electrons. The number of alkyl halides is 3. The third kappa shape index (κ3) is 9.23. The molecule has 0 aromatic heterocycles. The van der Waals surface area contributed by atoms with Crippen LogP contribution >= 0.6 is 0 Å². The molecular weight excluding hydrogens is 599 g/mol. The number of piperazine rings is 1. The molecule has 5 rings (SSSR count). The Kier molecular flexibility index (Phi) is 10.5. The second-order valence-electron chi connectivity index (χ2n) is 11.7. The van der Waals surface area contributed by atoms with Gasteiger partial charge in [-0.15, -0.1) is 13.2 Å². The molecule has 46 heavy (non-hydrogen) atoms. The van der Waals surface area contributed by atoms with Crippen LogP contribution in [0.15, 0.2) is 66.7 Å². The molecule has 2 fully saturated rings. The normalized spacial score (nSPS) is 16.0. The highest BCUT2D eigenvalue weighted by molar-refractivity contribution is 6.04. The fraction of sp³-hybridized carbons (Fsp3) is 0.382. The number of hydrogen-bond donors (Lipinski definition) is 3. The van der Waals surface area contributed by atoms with Crippen molar-refractivity contribution in [2.24, 2.45) is 0 Å². The smallest absolute Gasteiger partial charge is 0.405 e. The first-order valence-electron chi connectivity index (χ1n) is 15.5. The van der Waals surface area contributed by atoms with E-state index in [9.17, 15) is 27.6 Å². The summed E-state index contributed by atoms with van der Waals surface area (Å²) < 4.78 is 43.9. The number of hydrogen-bond acceptors (Lipinski definition) is 5. The van der Waals surface area contributed by atoms with Gasteiger partial charge in [0.15, 0.2) is 0 Å². The van der Waals surface area contributed by atoms with Gasteiger partial charge in [-0.3, -0.25) is 14.5 Å². The van der Waals surface area contributed by atoms with Crippen LogP contribution in [0.5, 0.6) is 5.75 Å². The van der Waals surface area contributed by atoms with E-state index < -0.39 is 18.1 Å². The average molecular weight is 638 g/mol. The molecule has 1 aliphatic heterocycles. The van der Waals surface area contributed by atoms with Gasteiger partial charge in [0.2, 0.25) is 5.91 Å². The zero-order valence-corrected chi connectivity index (χ0v) is 25.7. The molecule has 3 aromatic rings. The zero-order valence-electron chi connectivity index (χ0n) is 25.7. The first-order chi connectivity index (χ1) is 22.0. The predicted molar refractivity (Wildman–Crippen MR) is 170 cm³/mol. The average Bonchev–Trinajstić information content (AvgIpc) is 3.03. The Morgan fingerprint density at radius 2 is 1.48 bits per heavy atom. The van der Waals surface area contributed by atoms with Crippen molar-refractivity contribution in [1.82, 2.24) is 15.1 Å².